The number of carbonyl (C=O) groups excluding carboxylic acids is 4. The van der Waals surface area contributed by atoms with Gasteiger partial charge in [-0.25, -0.2) is 9.59 Å². The van der Waals surface area contributed by atoms with E-state index in [1.165, 1.54) is 44.6 Å². The number of benzene rings is 2. The summed E-state index contributed by atoms with van der Waals surface area (Å²) >= 11 is 0. The molecule has 0 spiro atoms. The van der Waals surface area contributed by atoms with Gasteiger partial charge in [-0.05, 0) is 36.4 Å². The number of primary amides is 1. The number of hydrogen-bond donors (Lipinski definition) is 2. The second kappa shape index (κ2) is 9.17. The third-order valence-electron chi connectivity index (χ3n) is 3.61. The van der Waals surface area contributed by atoms with Gasteiger partial charge in [-0.3, -0.25) is 9.59 Å². The molecule has 0 saturated carbocycles. The van der Waals surface area contributed by atoms with Crippen LogP contribution in [0.2, 0.25) is 0 Å². The Morgan fingerprint density at radius 2 is 1.64 bits per heavy atom. The molecule has 2 amide bonds. The van der Waals surface area contributed by atoms with Crippen molar-refractivity contribution in [1.29, 1.82) is 0 Å². The molecule has 0 heterocycles. The lowest BCUT2D eigenvalue weighted by molar-refractivity contribution is -0.118. The first kappa shape index (κ1) is 20.4. The minimum absolute atomic E-state index is 0.0548. The van der Waals surface area contributed by atoms with Crippen LogP contribution in [0, 0.1) is 0 Å². The second-order valence-electron chi connectivity index (χ2n) is 5.47. The molecule has 0 atom stereocenters. The van der Waals surface area contributed by atoms with Crippen LogP contribution >= 0.6 is 0 Å². The molecule has 2 aromatic rings. The van der Waals surface area contributed by atoms with Crippen molar-refractivity contribution >= 4 is 29.4 Å². The lowest BCUT2D eigenvalue weighted by Gasteiger charge is -2.12. The Kier molecular flexibility index (Phi) is 6.69. The zero-order valence-electron chi connectivity index (χ0n) is 15.2. The van der Waals surface area contributed by atoms with Gasteiger partial charge in [0.2, 0.25) is 5.91 Å². The second-order valence-corrected chi connectivity index (χ2v) is 5.47. The van der Waals surface area contributed by atoms with Crippen LogP contribution in [0.4, 0.5) is 5.69 Å². The van der Waals surface area contributed by atoms with Crippen molar-refractivity contribution < 1.29 is 33.4 Å². The van der Waals surface area contributed by atoms with E-state index >= 15 is 0 Å². The molecule has 0 bridgehead atoms. The molecule has 2 rings (SSSR count). The van der Waals surface area contributed by atoms with Gasteiger partial charge >= 0.3 is 11.9 Å². The Morgan fingerprint density at radius 3 is 2.29 bits per heavy atom. The summed E-state index contributed by atoms with van der Waals surface area (Å²) in [5, 5.41) is 2.49. The molecule has 0 saturated heterocycles. The Morgan fingerprint density at radius 1 is 0.929 bits per heavy atom. The zero-order valence-corrected chi connectivity index (χ0v) is 15.2. The largest absolute Gasteiger partial charge is 0.484 e. The third kappa shape index (κ3) is 5.07. The number of amides is 2. The first-order valence-electron chi connectivity index (χ1n) is 7.99. The number of nitrogens with one attached hydrogen (secondary N) is 1. The van der Waals surface area contributed by atoms with Gasteiger partial charge in [-0.15, -0.1) is 0 Å². The maximum absolute atomic E-state index is 12.2. The number of methoxy groups -OCH3 is 2. The molecular weight excluding hydrogens is 368 g/mol. The van der Waals surface area contributed by atoms with Crippen LogP contribution < -0.4 is 15.8 Å². The molecule has 28 heavy (non-hydrogen) atoms. The predicted octanol–water partition coefficient (Wildman–Crippen LogP) is 1.38. The van der Waals surface area contributed by atoms with Crippen LogP contribution in [0.25, 0.3) is 0 Å². The quantitative estimate of drug-likeness (QED) is 0.687. The summed E-state index contributed by atoms with van der Waals surface area (Å²) in [5.74, 6) is -2.29. The first-order valence-corrected chi connectivity index (χ1v) is 7.99. The fourth-order valence-electron chi connectivity index (χ4n) is 2.25. The van der Waals surface area contributed by atoms with Gasteiger partial charge in [0.15, 0.2) is 6.61 Å². The molecular formula is C19H18N2O7. The van der Waals surface area contributed by atoms with Crippen LogP contribution in [-0.2, 0) is 14.3 Å². The molecule has 9 heteroatoms. The SMILES string of the molecule is COC(=O)c1ccc(C(=O)OC)c(NC(=O)COc2cccc(C(N)=O)c2)c1. The third-order valence-corrected chi connectivity index (χ3v) is 3.61. The van der Waals surface area contributed by atoms with Crippen molar-refractivity contribution in [3.05, 3.63) is 59.2 Å². The highest BCUT2D eigenvalue weighted by Gasteiger charge is 2.17. The molecule has 0 unspecified atom stereocenters. The lowest BCUT2D eigenvalue weighted by Crippen LogP contribution is -2.22. The summed E-state index contributed by atoms with van der Waals surface area (Å²) < 4.78 is 14.6. The number of hydrogen-bond acceptors (Lipinski definition) is 7. The Labute approximate surface area is 160 Å². The zero-order chi connectivity index (χ0) is 20.7. The van der Waals surface area contributed by atoms with E-state index in [0.717, 1.165) is 0 Å². The molecule has 0 aliphatic heterocycles. The van der Waals surface area contributed by atoms with E-state index in [-0.39, 0.29) is 28.1 Å². The van der Waals surface area contributed by atoms with E-state index in [0.29, 0.717) is 0 Å². The highest BCUT2D eigenvalue weighted by Crippen LogP contribution is 2.20. The van der Waals surface area contributed by atoms with Gasteiger partial charge in [0, 0.05) is 5.56 Å². The number of rotatable bonds is 7. The predicted molar refractivity (Wildman–Crippen MR) is 98.2 cm³/mol. The molecule has 146 valence electrons. The highest BCUT2D eigenvalue weighted by molar-refractivity contribution is 6.03. The summed E-state index contributed by atoms with van der Waals surface area (Å²) in [6, 6.07) is 10.0. The van der Waals surface area contributed by atoms with Gasteiger partial charge in [0.1, 0.15) is 5.75 Å². The number of anilines is 1. The van der Waals surface area contributed by atoms with Gasteiger partial charge < -0.3 is 25.3 Å². The molecule has 3 N–H and O–H groups in total. The van der Waals surface area contributed by atoms with E-state index in [4.69, 9.17) is 10.5 Å². The van der Waals surface area contributed by atoms with Crippen LogP contribution in [-0.4, -0.2) is 44.6 Å². The molecule has 0 fully saturated rings. The van der Waals surface area contributed by atoms with E-state index in [1.807, 2.05) is 0 Å². The van der Waals surface area contributed by atoms with Gasteiger partial charge in [0.05, 0.1) is 31.0 Å². The standard InChI is InChI=1S/C19H18N2O7/c1-26-18(24)12-6-7-14(19(25)27-2)15(9-12)21-16(22)10-28-13-5-3-4-11(8-13)17(20)23/h3-9H,10H2,1-2H3,(H2,20,23)(H,21,22). The highest BCUT2D eigenvalue weighted by atomic mass is 16.5. The molecule has 0 aromatic heterocycles. The van der Waals surface area contributed by atoms with Crippen molar-refractivity contribution in [3.63, 3.8) is 0 Å². The van der Waals surface area contributed by atoms with E-state index in [9.17, 15) is 19.2 Å². The number of nitrogens with two attached hydrogens (primary N) is 1. The van der Waals surface area contributed by atoms with Gasteiger partial charge in [-0.1, -0.05) is 6.07 Å². The van der Waals surface area contributed by atoms with E-state index < -0.39 is 30.4 Å². The van der Waals surface area contributed by atoms with Crippen molar-refractivity contribution in [2.45, 2.75) is 0 Å². The van der Waals surface area contributed by atoms with Crippen LogP contribution in [0.15, 0.2) is 42.5 Å². The van der Waals surface area contributed by atoms with Crippen molar-refractivity contribution in [2.75, 3.05) is 26.1 Å². The summed E-state index contributed by atoms with van der Waals surface area (Å²) in [6.07, 6.45) is 0. The Balaban J connectivity index is 2.15. The maximum atomic E-state index is 12.2. The fraction of sp³-hybridized carbons (Fsp3) is 0.158. The average Bonchev–Trinajstić information content (AvgIpc) is 2.71. The van der Waals surface area contributed by atoms with Crippen molar-refractivity contribution in [2.24, 2.45) is 5.73 Å². The summed E-state index contributed by atoms with van der Waals surface area (Å²) in [5.41, 5.74) is 5.68. The van der Waals surface area contributed by atoms with Crippen molar-refractivity contribution in [3.8, 4) is 5.75 Å². The summed E-state index contributed by atoms with van der Waals surface area (Å²) in [6.45, 7) is -0.411. The fourth-order valence-corrected chi connectivity index (χ4v) is 2.25. The normalized spacial score (nSPS) is 9.93. The van der Waals surface area contributed by atoms with Crippen LogP contribution in [0.5, 0.6) is 5.75 Å². The number of esters is 2. The molecule has 0 radical (unpaired) electrons. The number of ether oxygens (including phenoxy) is 3. The van der Waals surface area contributed by atoms with Gasteiger partial charge in [-0.2, -0.15) is 0 Å². The minimum Gasteiger partial charge on any atom is -0.484 e. The van der Waals surface area contributed by atoms with E-state index in [1.54, 1.807) is 12.1 Å². The molecule has 9 nitrogen and oxygen atoms in total. The summed E-state index contributed by atoms with van der Waals surface area (Å²) in [4.78, 5) is 47.0. The topological polar surface area (TPSA) is 134 Å². The average molecular weight is 386 g/mol. The summed E-state index contributed by atoms with van der Waals surface area (Å²) in [7, 11) is 2.40. The van der Waals surface area contributed by atoms with Crippen LogP contribution in [0.3, 0.4) is 0 Å². The molecule has 0 aliphatic carbocycles. The monoisotopic (exact) mass is 386 g/mol. The first-order chi connectivity index (χ1) is 13.3. The van der Waals surface area contributed by atoms with Gasteiger partial charge in [0.25, 0.3) is 5.91 Å². The molecule has 0 aliphatic rings. The maximum Gasteiger partial charge on any atom is 0.339 e. The molecule has 2 aromatic carbocycles. The van der Waals surface area contributed by atoms with Crippen molar-refractivity contribution in [1.82, 2.24) is 0 Å². The van der Waals surface area contributed by atoms with Crippen LogP contribution in [0.1, 0.15) is 31.1 Å². The van der Waals surface area contributed by atoms with E-state index in [2.05, 4.69) is 14.8 Å². The Hall–Kier alpha value is -3.88. The minimum atomic E-state index is -0.693. The smallest absolute Gasteiger partial charge is 0.339 e. The number of carbonyl (C=O) groups is 4. The Bertz CT molecular complexity index is 924. The lowest BCUT2D eigenvalue weighted by atomic mass is 10.1.